The average Bonchev–Trinajstić information content (AvgIpc) is 3.24. The fraction of sp³-hybridized carbons (Fsp3) is 0.400. The molecule has 0 bridgehead atoms. The van der Waals surface area contributed by atoms with E-state index in [9.17, 15) is 0 Å². The van der Waals surface area contributed by atoms with E-state index in [0.29, 0.717) is 0 Å². The molecule has 2 aromatic heterocycles. The molecule has 0 atom stereocenters. The number of fused-ring (bicyclic) bond motifs is 3. The minimum atomic E-state index is 1.14. The van der Waals surface area contributed by atoms with Gasteiger partial charge in [-0.05, 0) is 24.8 Å². The van der Waals surface area contributed by atoms with Crippen LogP contribution < -0.4 is 9.80 Å². The molecule has 2 aliphatic rings. The maximum absolute atomic E-state index is 4.74. The van der Waals surface area contributed by atoms with Gasteiger partial charge in [0.05, 0.1) is 5.39 Å². The molecule has 1 aliphatic heterocycles. The van der Waals surface area contributed by atoms with Crippen LogP contribution in [-0.4, -0.2) is 36.1 Å². The maximum Gasteiger partial charge on any atom is 0.238 e. The number of thiophene rings is 1. The number of aryl methyl sites for hydroxylation is 2. The molecule has 0 saturated carbocycles. The van der Waals surface area contributed by atoms with E-state index >= 15 is 0 Å². The molecule has 1 saturated heterocycles. The first-order chi connectivity index (χ1) is 12.4. The van der Waals surface area contributed by atoms with Crippen LogP contribution in [0.5, 0.6) is 0 Å². The Morgan fingerprint density at radius 2 is 1.80 bits per heavy atom. The molecule has 1 aliphatic carbocycles. The SMILES string of the molecule is c1ccc(C[NH+]2CC[NH+](c3ncnc4sc5c(c34)CCC5)CC2)cc1. The van der Waals surface area contributed by atoms with Crippen molar-refractivity contribution < 1.29 is 9.80 Å². The number of nitrogens with one attached hydrogen (secondary N) is 2. The largest absolute Gasteiger partial charge is 0.322 e. The van der Waals surface area contributed by atoms with Crippen molar-refractivity contribution >= 4 is 27.4 Å². The average molecular weight is 353 g/mol. The van der Waals surface area contributed by atoms with Crippen LogP contribution in [-0.2, 0) is 19.4 Å². The number of quaternary nitrogens is 2. The molecule has 3 heterocycles. The molecule has 2 N–H and O–H groups in total. The molecule has 0 radical (unpaired) electrons. The number of aromatic nitrogens is 2. The van der Waals surface area contributed by atoms with Crippen LogP contribution >= 0.6 is 11.3 Å². The van der Waals surface area contributed by atoms with Crippen molar-refractivity contribution in [2.45, 2.75) is 25.8 Å². The first kappa shape index (κ1) is 15.4. The fourth-order valence-electron chi connectivity index (χ4n) is 4.40. The minimum Gasteiger partial charge on any atom is -0.322 e. The van der Waals surface area contributed by atoms with E-state index in [1.165, 1.54) is 67.0 Å². The molecule has 4 nitrogen and oxygen atoms in total. The number of hydrogen-bond acceptors (Lipinski definition) is 3. The van der Waals surface area contributed by atoms with Crippen molar-refractivity contribution in [2.24, 2.45) is 0 Å². The van der Waals surface area contributed by atoms with Gasteiger partial charge in [-0.3, -0.25) is 4.90 Å². The minimum absolute atomic E-state index is 1.14. The van der Waals surface area contributed by atoms with Crippen molar-refractivity contribution in [3.63, 3.8) is 0 Å². The van der Waals surface area contributed by atoms with Crippen molar-refractivity contribution in [3.8, 4) is 0 Å². The lowest BCUT2D eigenvalue weighted by molar-refractivity contribution is -0.995. The number of nitrogens with zero attached hydrogens (tertiary/aromatic N) is 2. The lowest BCUT2D eigenvalue weighted by Crippen LogP contribution is -3.25. The highest BCUT2D eigenvalue weighted by atomic mass is 32.1. The monoisotopic (exact) mass is 352 g/mol. The van der Waals surface area contributed by atoms with Crippen molar-refractivity contribution in [3.05, 3.63) is 52.7 Å². The van der Waals surface area contributed by atoms with Gasteiger partial charge in [-0.25, -0.2) is 4.98 Å². The van der Waals surface area contributed by atoms with Gasteiger partial charge >= 0.3 is 0 Å². The van der Waals surface area contributed by atoms with Gasteiger partial charge in [0.1, 0.15) is 43.9 Å². The van der Waals surface area contributed by atoms with Gasteiger partial charge in [-0.2, -0.15) is 4.98 Å². The topological polar surface area (TPSA) is 34.7 Å². The molecule has 5 rings (SSSR count). The van der Waals surface area contributed by atoms with E-state index in [1.807, 2.05) is 11.3 Å². The third kappa shape index (κ3) is 2.86. The summed E-state index contributed by atoms with van der Waals surface area (Å²) in [7, 11) is 0. The standard InChI is InChI=1S/C20H22N4S/c1-2-5-15(6-3-1)13-23-9-11-24(12-10-23)19-18-16-7-4-8-17(16)25-20(18)22-14-21-19/h1-3,5-6,14H,4,7-13H2/p+2. The summed E-state index contributed by atoms with van der Waals surface area (Å²) < 4.78 is 0. The summed E-state index contributed by atoms with van der Waals surface area (Å²) in [4.78, 5) is 15.3. The quantitative estimate of drug-likeness (QED) is 0.731. The van der Waals surface area contributed by atoms with Crippen LogP contribution in [0.25, 0.3) is 10.2 Å². The zero-order chi connectivity index (χ0) is 16.6. The third-order valence-corrected chi connectivity index (χ3v) is 6.89. The highest BCUT2D eigenvalue weighted by Crippen LogP contribution is 2.38. The fourth-order valence-corrected chi connectivity index (χ4v) is 5.63. The smallest absolute Gasteiger partial charge is 0.238 e. The number of rotatable bonds is 3. The second-order valence-electron chi connectivity index (χ2n) is 7.28. The van der Waals surface area contributed by atoms with Gasteiger partial charge in [0.2, 0.25) is 5.82 Å². The molecular weight excluding hydrogens is 328 g/mol. The van der Waals surface area contributed by atoms with Gasteiger partial charge in [-0.1, -0.05) is 30.3 Å². The van der Waals surface area contributed by atoms with Crippen LogP contribution in [0.4, 0.5) is 5.82 Å². The first-order valence-electron chi connectivity index (χ1n) is 9.36. The number of hydrogen-bond donors (Lipinski definition) is 2. The van der Waals surface area contributed by atoms with Gasteiger partial charge < -0.3 is 4.90 Å². The van der Waals surface area contributed by atoms with E-state index in [0.717, 1.165) is 6.54 Å². The van der Waals surface area contributed by atoms with Gasteiger partial charge in [-0.15, -0.1) is 11.3 Å². The van der Waals surface area contributed by atoms with Crippen LogP contribution in [0.2, 0.25) is 0 Å². The number of benzene rings is 1. The molecule has 0 amide bonds. The highest BCUT2D eigenvalue weighted by molar-refractivity contribution is 7.19. The predicted molar refractivity (Wildman–Crippen MR) is 101 cm³/mol. The van der Waals surface area contributed by atoms with Crippen LogP contribution in [0.15, 0.2) is 36.7 Å². The Morgan fingerprint density at radius 1 is 0.960 bits per heavy atom. The first-order valence-corrected chi connectivity index (χ1v) is 10.2. The van der Waals surface area contributed by atoms with E-state index in [4.69, 9.17) is 4.98 Å². The molecule has 0 unspecified atom stereocenters. The van der Waals surface area contributed by atoms with Crippen LogP contribution in [0.1, 0.15) is 22.4 Å². The van der Waals surface area contributed by atoms with Gasteiger partial charge in [0, 0.05) is 10.4 Å². The summed E-state index contributed by atoms with van der Waals surface area (Å²) in [6.45, 7) is 5.89. The molecule has 1 fully saturated rings. The van der Waals surface area contributed by atoms with Crippen molar-refractivity contribution in [1.29, 1.82) is 0 Å². The highest BCUT2D eigenvalue weighted by Gasteiger charge is 2.30. The maximum atomic E-state index is 4.74. The Kier molecular flexibility index (Phi) is 4.00. The third-order valence-electron chi connectivity index (χ3n) is 5.69. The number of piperazine rings is 1. The van der Waals surface area contributed by atoms with E-state index < -0.39 is 0 Å². The second-order valence-corrected chi connectivity index (χ2v) is 8.36. The normalized spacial score (nSPS) is 23.0. The second kappa shape index (κ2) is 6.48. The summed E-state index contributed by atoms with van der Waals surface area (Å²) in [6, 6.07) is 10.9. The Balaban J connectivity index is 1.35. The van der Waals surface area contributed by atoms with Crippen LogP contribution in [0, 0.1) is 0 Å². The summed E-state index contributed by atoms with van der Waals surface area (Å²) in [5.74, 6) is 1.27. The summed E-state index contributed by atoms with van der Waals surface area (Å²) in [5, 5.41) is 1.39. The molecule has 5 heteroatoms. The van der Waals surface area contributed by atoms with E-state index in [2.05, 4.69) is 35.3 Å². The predicted octanol–water partition coefficient (Wildman–Crippen LogP) is 0.795. The van der Waals surface area contributed by atoms with E-state index in [-0.39, 0.29) is 0 Å². The van der Waals surface area contributed by atoms with Crippen molar-refractivity contribution in [2.75, 3.05) is 26.2 Å². The Hall–Kier alpha value is -1.82. The Morgan fingerprint density at radius 3 is 2.64 bits per heavy atom. The zero-order valence-corrected chi connectivity index (χ0v) is 15.2. The lowest BCUT2D eigenvalue weighted by atomic mass is 10.1. The van der Waals surface area contributed by atoms with E-state index in [1.54, 1.807) is 26.6 Å². The van der Waals surface area contributed by atoms with Crippen LogP contribution in [0.3, 0.4) is 0 Å². The van der Waals surface area contributed by atoms with Crippen molar-refractivity contribution in [1.82, 2.24) is 9.97 Å². The Labute approximate surface area is 152 Å². The molecule has 1 aromatic carbocycles. The lowest BCUT2D eigenvalue weighted by Gasteiger charge is -2.29. The molecule has 128 valence electrons. The molecule has 3 aromatic rings. The van der Waals surface area contributed by atoms with Gasteiger partial charge in [0.15, 0.2) is 0 Å². The molecular formula is C20H24N4S+2. The van der Waals surface area contributed by atoms with Gasteiger partial charge in [0.25, 0.3) is 0 Å². The zero-order valence-electron chi connectivity index (χ0n) is 14.4. The Bertz CT molecular complexity index is 881. The molecule has 25 heavy (non-hydrogen) atoms. The molecule has 0 spiro atoms. The summed E-state index contributed by atoms with van der Waals surface area (Å²) >= 11 is 1.90. The summed E-state index contributed by atoms with van der Waals surface area (Å²) in [6.07, 6.45) is 5.53. The summed E-state index contributed by atoms with van der Waals surface area (Å²) in [5.41, 5.74) is 3.00.